The van der Waals surface area contributed by atoms with Gasteiger partial charge in [-0.25, -0.2) is 18.7 Å². The molecule has 0 bridgehead atoms. The van der Waals surface area contributed by atoms with Crippen molar-refractivity contribution in [3.8, 4) is 11.6 Å². The smallest absolute Gasteiger partial charge is 0.261 e. The normalized spacial score (nSPS) is 14.4. The van der Waals surface area contributed by atoms with Crippen molar-refractivity contribution in [1.29, 1.82) is 0 Å². The molecule has 1 N–H and O–H groups in total. The summed E-state index contributed by atoms with van der Waals surface area (Å²) in [6, 6.07) is 6.07. The first-order valence-electron chi connectivity index (χ1n) is 12.3. The first kappa shape index (κ1) is 24.8. The number of aromatic nitrogens is 4. The molecule has 4 aromatic rings. The topological polar surface area (TPSA) is 71.3 Å². The van der Waals surface area contributed by atoms with Crippen LogP contribution in [0.25, 0.3) is 10.9 Å². The monoisotopic (exact) mass is 511 g/mol. The minimum Gasteiger partial charge on any atom is -0.433 e. The molecular weight excluding hydrogens is 483 g/mol. The quantitative estimate of drug-likeness (QED) is 0.363. The third-order valence-corrected chi connectivity index (χ3v) is 6.70. The van der Waals surface area contributed by atoms with Gasteiger partial charge in [-0.1, -0.05) is 6.92 Å². The molecule has 5 rings (SSSR count). The first-order valence-corrected chi connectivity index (χ1v) is 12.3. The van der Waals surface area contributed by atoms with E-state index < -0.39 is 29.1 Å². The fourth-order valence-corrected chi connectivity index (χ4v) is 4.67. The van der Waals surface area contributed by atoms with Crippen LogP contribution < -0.4 is 15.0 Å². The molecule has 0 radical (unpaired) electrons. The molecule has 0 atom stereocenters. The van der Waals surface area contributed by atoms with E-state index in [0.717, 1.165) is 50.8 Å². The van der Waals surface area contributed by atoms with Crippen molar-refractivity contribution in [2.45, 2.75) is 27.3 Å². The molecule has 194 valence electrons. The van der Waals surface area contributed by atoms with Gasteiger partial charge < -0.3 is 24.4 Å². The number of piperazine rings is 1. The Balaban J connectivity index is 1.34. The summed E-state index contributed by atoms with van der Waals surface area (Å²) in [6.07, 6.45) is 2.80. The molecule has 3 aromatic heterocycles. The molecule has 0 aliphatic carbocycles. The van der Waals surface area contributed by atoms with Crippen LogP contribution >= 0.6 is 0 Å². The molecule has 1 aliphatic rings. The second kappa shape index (κ2) is 10.3. The van der Waals surface area contributed by atoms with E-state index in [9.17, 15) is 4.39 Å². The molecule has 8 nitrogen and oxygen atoms in total. The molecule has 37 heavy (non-hydrogen) atoms. The number of ether oxygens (including phenoxy) is 1. The number of halogens is 3. The Bertz CT molecular complexity index is 1420. The van der Waals surface area contributed by atoms with Crippen LogP contribution in [0.5, 0.6) is 11.6 Å². The van der Waals surface area contributed by atoms with Crippen molar-refractivity contribution in [1.82, 2.24) is 24.4 Å². The Morgan fingerprint density at radius 2 is 1.73 bits per heavy atom. The number of pyridine rings is 1. The average Bonchev–Trinajstić information content (AvgIpc) is 3.26. The van der Waals surface area contributed by atoms with Crippen LogP contribution in [0, 0.1) is 24.4 Å². The molecule has 0 unspecified atom stereocenters. The van der Waals surface area contributed by atoms with Gasteiger partial charge in [-0.15, -0.1) is 0 Å². The summed E-state index contributed by atoms with van der Waals surface area (Å²) in [5.41, 5.74) is 1.82. The number of nitrogens with one attached hydrogen (secondary N) is 1. The summed E-state index contributed by atoms with van der Waals surface area (Å²) >= 11 is 0. The number of hydrogen-bond donors (Lipinski definition) is 1. The summed E-state index contributed by atoms with van der Waals surface area (Å²) in [5, 5.41) is 2.86. The van der Waals surface area contributed by atoms with Crippen molar-refractivity contribution in [3.05, 3.63) is 59.9 Å². The Morgan fingerprint density at radius 3 is 2.41 bits per heavy atom. The third kappa shape index (κ3) is 4.78. The summed E-state index contributed by atoms with van der Waals surface area (Å²) in [4.78, 5) is 16.7. The second-order valence-electron chi connectivity index (χ2n) is 8.85. The highest BCUT2D eigenvalue weighted by atomic mass is 19.1. The van der Waals surface area contributed by atoms with E-state index in [2.05, 4.69) is 37.0 Å². The minimum atomic E-state index is -0.953. The van der Waals surface area contributed by atoms with Gasteiger partial charge in [0.1, 0.15) is 12.1 Å². The molecule has 1 aromatic carbocycles. The molecular formula is C26H28F3N7O. The van der Waals surface area contributed by atoms with Crippen molar-refractivity contribution in [2.75, 3.05) is 42.9 Å². The first-order chi connectivity index (χ1) is 17.9. The van der Waals surface area contributed by atoms with E-state index in [1.807, 2.05) is 13.0 Å². The Kier molecular flexibility index (Phi) is 6.88. The lowest BCUT2D eigenvalue weighted by Gasteiger charge is -2.35. The summed E-state index contributed by atoms with van der Waals surface area (Å²) in [7, 11) is 0. The fraction of sp³-hybridized carbons (Fsp3) is 0.346. The lowest BCUT2D eigenvalue weighted by Crippen LogP contribution is -2.46. The summed E-state index contributed by atoms with van der Waals surface area (Å²) in [6.45, 7) is 11.1. The molecule has 1 saturated heterocycles. The van der Waals surface area contributed by atoms with Crippen molar-refractivity contribution in [3.63, 3.8) is 0 Å². The lowest BCUT2D eigenvalue weighted by molar-refractivity contribution is 0.271. The molecule has 1 aliphatic heterocycles. The largest absolute Gasteiger partial charge is 0.433 e. The van der Waals surface area contributed by atoms with Crippen LogP contribution in [0.15, 0.2) is 36.8 Å². The zero-order valence-corrected chi connectivity index (χ0v) is 20.9. The molecule has 4 heterocycles. The number of fused-ring (bicyclic) bond motifs is 1. The van der Waals surface area contributed by atoms with Crippen LogP contribution in [0.4, 0.5) is 30.5 Å². The van der Waals surface area contributed by atoms with Gasteiger partial charge in [0, 0.05) is 49.9 Å². The molecule has 1 fully saturated rings. The molecule has 0 amide bonds. The zero-order chi connectivity index (χ0) is 26.1. The fourth-order valence-electron chi connectivity index (χ4n) is 4.67. The van der Waals surface area contributed by atoms with Gasteiger partial charge in [0.05, 0.1) is 17.4 Å². The van der Waals surface area contributed by atoms with E-state index in [4.69, 9.17) is 4.74 Å². The highest BCUT2D eigenvalue weighted by Crippen LogP contribution is 2.35. The van der Waals surface area contributed by atoms with E-state index in [-0.39, 0.29) is 16.7 Å². The summed E-state index contributed by atoms with van der Waals surface area (Å²) in [5.74, 6) is -3.25. The Labute approximate surface area is 212 Å². The van der Waals surface area contributed by atoms with Gasteiger partial charge in [-0.2, -0.15) is 9.37 Å². The van der Waals surface area contributed by atoms with Gasteiger partial charge in [0.15, 0.2) is 23.2 Å². The standard InChI is InChI=1S/C26H28F3N7O/c1-4-34-8-10-35(11-9-34)17-6-7-21(30-14-17)33-25-23(29)26(32-15-31-25)37-20-13-19(27)24-18(22(20)28)12-16(3)36(24)5-2/h6-7,12-15H,4-5,8-11H2,1-3H3,(H,30,31,32,33). The van der Waals surface area contributed by atoms with Gasteiger partial charge in [0.25, 0.3) is 5.88 Å². The molecule has 11 heteroatoms. The molecule has 0 spiro atoms. The number of nitrogens with zero attached hydrogens (tertiary/aromatic N) is 6. The van der Waals surface area contributed by atoms with Crippen LogP contribution in [0.1, 0.15) is 19.5 Å². The maximum Gasteiger partial charge on any atom is 0.261 e. The lowest BCUT2D eigenvalue weighted by atomic mass is 10.2. The number of rotatable bonds is 7. The van der Waals surface area contributed by atoms with Crippen molar-refractivity contribution < 1.29 is 17.9 Å². The van der Waals surface area contributed by atoms with Crippen LogP contribution in [-0.4, -0.2) is 57.1 Å². The Morgan fingerprint density at radius 1 is 0.946 bits per heavy atom. The van der Waals surface area contributed by atoms with Gasteiger partial charge in [-0.3, -0.25) is 0 Å². The Hall–Kier alpha value is -3.86. The number of hydrogen-bond acceptors (Lipinski definition) is 7. The molecule has 0 saturated carbocycles. The maximum absolute atomic E-state index is 15.2. The second-order valence-corrected chi connectivity index (χ2v) is 8.85. The zero-order valence-electron chi connectivity index (χ0n) is 20.9. The van der Waals surface area contributed by atoms with E-state index in [1.54, 1.807) is 23.8 Å². The predicted molar refractivity (Wildman–Crippen MR) is 136 cm³/mol. The maximum atomic E-state index is 15.2. The van der Waals surface area contributed by atoms with Crippen LogP contribution in [-0.2, 0) is 6.54 Å². The highest BCUT2D eigenvalue weighted by molar-refractivity contribution is 5.84. The predicted octanol–water partition coefficient (Wildman–Crippen LogP) is 5.25. The van der Waals surface area contributed by atoms with E-state index >= 15 is 8.78 Å². The third-order valence-electron chi connectivity index (χ3n) is 6.70. The van der Waals surface area contributed by atoms with E-state index in [1.165, 1.54) is 6.07 Å². The highest BCUT2D eigenvalue weighted by Gasteiger charge is 2.22. The van der Waals surface area contributed by atoms with Crippen LogP contribution in [0.2, 0.25) is 0 Å². The van der Waals surface area contributed by atoms with Gasteiger partial charge in [-0.05, 0) is 38.6 Å². The average molecular weight is 512 g/mol. The number of likely N-dealkylation sites (N-methyl/N-ethyl adjacent to an activating group) is 1. The van der Waals surface area contributed by atoms with Gasteiger partial charge >= 0.3 is 0 Å². The SMILES string of the molecule is CCN1CCN(c2ccc(Nc3ncnc(Oc4cc(F)c5c(cc(C)n5CC)c4F)c3F)nc2)CC1. The van der Waals surface area contributed by atoms with Crippen molar-refractivity contribution >= 4 is 28.2 Å². The van der Waals surface area contributed by atoms with Crippen LogP contribution in [0.3, 0.4) is 0 Å². The van der Waals surface area contributed by atoms with Gasteiger partial charge in [0.2, 0.25) is 5.82 Å². The number of benzene rings is 1. The minimum absolute atomic E-state index is 0.0579. The number of aryl methyl sites for hydroxylation is 2. The van der Waals surface area contributed by atoms with E-state index in [0.29, 0.717) is 18.1 Å². The van der Waals surface area contributed by atoms with Crippen molar-refractivity contribution in [2.24, 2.45) is 0 Å². The number of anilines is 3. The summed E-state index contributed by atoms with van der Waals surface area (Å²) < 4.78 is 52.2.